The van der Waals surface area contributed by atoms with Crippen molar-refractivity contribution >= 4 is 12.0 Å². The number of nitrogens with one attached hydrogen (secondary N) is 2. The van der Waals surface area contributed by atoms with Crippen LogP contribution in [0.2, 0.25) is 0 Å². The Morgan fingerprint density at radius 3 is 2.03 bits per heavy atom. The van der Waals surface area contributed by atoms with Crippen molar-refractivity contribution in [3.63, 3.8) is 0 Å². The van der Waals surface area contributed by atoms with Gasteiger partial charge in [-0.15, -0.1) is 0 Å². The van der Waals surface area contributed by atoms with Crippen molar-refractivity contribution in [1.29, 1.82) is 0 Å². The van der Waals surface area contributed by atoms with Crippen LogP contribution in [0.1, 0.15) is 97.0 Å². The molecular formula is C26H44N2O3. The van der Waals surface area contributed by atoms with Crippen molar-refractivity contribution in [2.24, 2.45) is 5.92 Å². The van der Waals surface area contributed by atoms with Gasteiger partial charge in [-0.3, -0.25) is 4.79 Å². The summed E-state index contributed by atoms with van der Waals surface area (Å²) in [5.74, 6) is -0.0843. The maximum atomic E-state index is 12.6. The van der Waals surface area contributed by atoms with Crippen LogP contribution < -0.4 is 10.6 Å². The van der Waals surface area contributed by atoms with E-state index >= 15 is 0 Å². The van der Waals surface area contributed by atoms with Gasteiger partial charge >= 0.3 is 6.09 Å². The molecule has 0 aliphatic heterocycles. The molecular weight excluding hydrogens is 388 g/mol. The summed E-state index contributed by atoms with van der Waals surface area (Å²) in [7, 11) is 0. The summed E-state index contributed by atoms with van der Waals surface area (Å²) in [5.41, 5.74) is 0.920. The molecule has 0 aromatic heterocycles. The fraction of sp³-hybridized carbons (Fsp3) is 0.692. The van der Waals surface area contributed by atoms with E-state index in [0.717, 1.165) is 24.8 Å². The van der Waals surface area contributed by atoms with E-state index in [2.05, 4.69) is 17.6 Å². The van der Waals surface area contributed by atoms with Crippen LogP contribution in [-0.4, -0.2) is 24.6 Å². The van der Waals surface area contributed by atoms with Crippen molar-refractivity contribution < 1.29 is 14.3 Å². The average Bonchev–Trinajstić information content (AvgIpc) is 2.79. The van der Waals surface area contributed by atoms with Crippen LogP contribution in [0.4, 0.5) is 4.79 Å². The molecule has 1 rings (SSSR count). The largest absolute Gasteiger partial charge is 0.445 e. The Hall–Kier alpha value is -2.04. The number of hydrogen-bond donors (Lipinski definition) is 2. The fourth-order valence-electron chi connectivity index (χ4n) is 3.53. The Morgan fingerprint density at radius 2 is 1.45 bits per heavy atom. The predicted octanol–water partition coefficient (Wildman–Crippen LogP) is 6.36. The lowest BCUT2D eigenvalue weighted by atomic mass is 9.98. The number of alkyl carbamates (subject to hydrolysis) is 1. The Balaban J connectivity index is 2.22. The number of carbonyl (C=O) groups is 2. The number of ether oxygens (including phenoxy) is 1. The van der Waals surface area contributed by atoms with E-state index in [0.29, 0.717) is 6.54 Å². The predicted molar refractivity (Wildman–Crippen MR) is 128 cm³/mol. The second kappa shape index (κ2) is 17.6. The van der Waals surface area contributed by atoms with Gasteiger partial charge in [0, 0.05) is 6.54 Å². The van der Waals surface area contributed by atoms with Gasteiger partial charge in [0.25, 0.3) is 0 Å². The number of amides is 2. The van der Waals surface area contributed by atoms with Crippen LogP contribution >= 0.6 is 0 Å². The zero-order valence-corrected chi connectivity index (χ0v) is 20.0. The van der Waals surface area contributed by atoms with Crippen molar-refractivity contribution in [1.82, 2.24) is 10.6 Å². The first-order valence-corrected chi connectivity index (χ1v) is 12.3. The number of hydrogen-bond acceptors (Lipinski definition) is 3. The summed E-state index contributed by atoms with van der Waals surface area (Å²) in [5, 5.41) is 5.75. The summed E-state index contributed by atoms with van der Waals surface area (Å²) < 4.78 is 5.28. The van der Waals surface area contributed by atoms with Crippen LogP contribution in [0.5, 0.6) is 0 Å². The molecule has 2 amide bonds. The molecule has 0 bridgehead atoms. The van der Waals surface area contributed by atoms with Gasteiger partial charge in [-0.25, -0.2) is 4.79 Å². The molecule has 0 saturated carbocycles. The maximum absolute atomic E-state index is 12.6. The SMILES string of the molecule is CCCCCCCCCCCCNC(=O)C(NC(=O)OCc1ccccc1)C(C)CC. The summed E-state index contributed by atoms with van der Waals surface area (Å²) in [6, 6.07) is 8.95. The van der Waals surface area contributed by atoms with Crippen molar-refractivity contribution in [2.45, 2.75) is 104 Å². The molecule has 0 heterocycles. The second-order valence-electron chi connectivity index (χ2n) is 8.54. The molecule has 5 nitrogen and oxygen atoms in total. The molecule has 0 saturated heterocycles. The molecule has 5 heteroatoms. The first-order chi connectivity index (χ1) is 15.1. The quantitative estimate of drug-likeness (QED) is 0.281. The van der Waals surface area contributed by atoms with E-state index in [4.69, 9.17) is 4.74 Å². The lowest BCUT2D eigenvalue weighted by Gasteiger charge is -2.23. The van der Waals surface area contributed by atoms with Crippen LogP contribution in [0.15, 0.2) is 30.3 Å². The highest BCUT2D eigenvalue weighted by Gasteiger charge is 2.26. The minimum absolute atomic E-state index is 0.0389. The minimum atomic E-state index is -0.573. The minimum Gasteiger partial charge on any atom is -0.445 e. The molecule has 0 spiro atoms. The van der Waals surface area contributed by atoms with E-state index in [9.17, 15) is 9.59 Å². The molecule has 31 heavy (non-hydrogen) atoms. The fourth-order valence-corrected chi connectivity index (χ4v) is 3.53. The van der Waals surface area contributed by atoms with Crippen LogP contribution in [-0.2, 0) is 16.1 Å². The number of rotatable bonds is 17. The van der Waals surface area contributed by atoms with E-state index < -0.39 is 12.1 Å². The van der Waals surface area contributed by atoms with Gasteiger partial charge < -0.3 is 15.4 Å². The van der Waals surface area contributed by atoms with Crippen LogP contribution in [0.25, 0.3) is 0 Å². The summed E-state index contributed by atoms with van der Waals surface area (Å²) >= 11 is 0. The highest BCUT2D eigenvalue weighted by atomic mass is 16.5. The molecule has 1 aromatic carbocycles. The topological polar surface area (TPSA) is 67.4 Å². The summed E-state index contributed by atoms with van der Waals surface area (Å²) in [4.78, 5) is 24.8. The molecule has 0 fully saturated rings. The Labute approximate surface area is 189 Å². The van der Waals surface area contributed by atoms with Crippen LogP contribution in [0, 0.1) is 5.92 Å². The third-order valence-electron chi connectivity index (χ3n) is 5.81. The monoisotopic (exact) mass is 432 g/mol. The van der Waals surface area contributed by atoms with Gasteiger partial charge in [-0.05, 0) is 17.9 Å². The third-order valence-corrected chi connectivity index (χ3v) is 5.81. The smallest absolute Gasteiger partial charge is 0.408 e. The summed E-state index contributed by atoms with van der Waals surface area (Å²) in [6.45, 7) is 7.09. The molecule has 176 valence electrons. The van der Waals surface area contributed by atoms with Gasteiger partial charge in [-0.1, -0.05) is 115 Å². The van der Waals surface area contributed by atoms with Gasteiger partial charge in [-0.2, -0.15) is 0 Å². The third kappa shape index (κ3) is 13.1. The Bertz CT molecular complexity index is 592. The maximum Gasteiger partial charge on any atom is 0.408 e. The molecule has 2 atom stereocenters. The molecule has 0 aliphatic rings. The number of carbonyl (C=O) groups excluding carboxylic acids is 2. The van der Waals surface area contributed by atoms with E-state index in [1.807, 2.05) is 44.2 Å². The highest BCUT2D eigenvalue weighted by Crippen LogP contribution is 2.11. The van der Waals surface area contributed by atoms with Gasteiger partial charge in [0.2, 0.25) is 5.91 Å². The normalized spacial score (nSPS) is 12.7. The standard InChI is InChI=1S/C26H44N2O3/c1-4-6-7-8-9-10-11-12-13-17-20-27-25(29)24(22(3)5-2)28-26(30)31-21-23-18-15-14-16-19-23/h14-16,18-19,22,24H,4-13,17,20-21H2,1-3H3,(H,27,29)(H,28,30). The van der Waals surface area contributed by atoms with Crippen LogP contribution in [0.3, 0.4) is 0 Å². The van der Waals surface area contributed by atoms with Gasteiger partial charge in [0.1, 0.15) is 12.6 Å². The number of unbranched alkanes of at least 4 members (excludes halogenated alkanes) is 9. The zero-order valence-electron chi connectivity index (χ0n) is 20.0. The van der Waals surface area contributed by atoms with E-state index in [1.165, 1.54) is 51.4 Å². The lowest BCUT2D eigenvalue weighted by molar-refractivity contribution is -0.124. The molecule has 1 aromatic rings. The van der Waals surface area contributed by atoms with E-state index in [-0.39, 0.29) is 18.4 Å². The Morgan fingerprint density at radius 1 is 0.871 bits per heavy atom. The van der Waals surface area contributed by atoms with E-state index in [1.54, 1.807) is 0 Å². The average molecular weight is 433 g/mol. The van der Waals surface area contributed by atoms with Crippen molar-refractivity contribution in [3.8, 4) is 0 Å². The van der Waals surface area contributed by atoms with Crippen molar-refractivity contribution in [3.05, 3.63) is 35.9 Å². The molecule has 2 unspecified atom stereocenters. The van der Waals surface area contributed by atoms with Gasteiger partial charge in [0.15, 0.2) is 0 Å². The first-order valence-electron chi connectivity index (χ1n) is 12.3. The second-order valence-corrected chi connectivity index (χ2v) is 8.54. The highest BCUT2D eigenvalue weighted by molar-refractivity contribution is 5.85. The lowest BCUT2D eigenvalue weighted by Crippen LogP contribution is -2.50. The molecule has 0 radical (unpaired) electrons. The van der Waals surface area contributed by atoms with Gasteiger partial charge in [0.05, 0.1) is 0 Å². The van der Waals surface area contributed by atoms with Crippen molar-refractivity contribution in [2.75, 3.05) is 6.54 Å². The summed E-state index contributed by atoms with van der Waals surface area (Å²) in [6.07, 6.45) is 12.9. The molecule has 2 N–H and O–H groups in total. The molecule has 0 aliphatic carbocycles. The Kier molecular flexibility index (Phi) is 15.3. The number of benzene rings is 1. The first kappa shape index (κ1) is 27.0. The zero-order chi connectivity index (χ0) is 22.7.